The Morgan fingerprint density at radius 2 is 1.88 bits per heavy atom. The van der Waals surface area contributed by atoms with E-state index in [0.29, 0.717) is 11.5 Å². The molecular weight excluding hydrogens is 305 g/mol. The number of nitrogens with zero attached hydrogens (tertiary/aromatic N) is 3. The van der Waals surface area contributed by atoms with Gasteiger partial charge < -0.3 is 18.9 Å². The number of allylic oxidation sites excluding steroid dienone is 1. The summed E-state index contributed by atoms with van der Waals surface area (Å²) in [4.78, 5) is 10.4. The summed E-state index contributed by atoms with van der Waals surface area (Å²) >= 11 is 0. The number of hydrogen-bond donors (Lipinski definition) is 0. The van der Waals surface area contributed by atoms with Gasteiger partial charge in [-0.2, -0.15) is 0 Å². The van der Waals surface area contributed by atoms with Crippen molar-refractivity contribution in [3.05, 3.63) is 24.0 Å². The van der Waals surface area contributed by atoms with Crippen molar-refractivity contribution in [2.24, 2.45) is 4.99 Å². The van der Waals surface area contributed by atoms with E-state index in [4.69, 9.17) is 14.0 Å². The van der Waals surface area contributed by atoms with Crippen LogP contribution in [-0.4, -0.2) is 44.2 Å². The van der Waals surface area contributed by atoms with Crippen molar-refractivity contribution in [1.82, 2.24) is 4.98 Å². The van der Waals surface area contributed by atoms with E-state index in [-0.39, 0.29) is 0 Å². The minimum Gasteiger partial charge on any atom is -0.480 e. The second kappa shape index (κ2) is 6.57. The molecule has 0 saturated carbocycles. The lowest BCUT2D eigenvalue weighted by atomic mass is 9.84. The third-order valence-corrected chi connectivity index (χ3v) is 4.56. The van der Waals surface area contributed by atoms with Crippen LogP contribution in [0.3, 0.4) is 0 Å². The molecular formula is C17H26BN3O3. The summed E-state index contributed by atoms with van der Waals surface area (Å²) in [5.41, 5.74) is 1.50. The van der Waals surface area contributed by atoms with Crippen molar-refractivity contribution in [2.75, 3.05) is 19.1 Å². The summed E-state index contributed by atoms with van der Waals surface area (Å²) in [5, 5.41) is 0. The van der Waals surface area contributed by atoms with Crippen LogP contribution in [0.1, 0.15) is 34.6 Å². The lowest BCUT2D eigenvalue weighted by molar-refractivity contribution is 0.00578. The molecule has 24 heavy (non-hydrogen) atoms. The number of ether oxygens (including phenoxy) is 1. The molecule has 1 saturated heterocycles. The normalized spacial score (nSPS) is 19.3. The maximum absolute atomic E-state index is 6.04. The lowest BCUT2D eigenvalue weighted by Gasteiger charge is -2.32. The van der Waals surface area contributed by atoms with E-state index in [9.17, 15) is 0 Å². The van der Waals surface area contributed by atoms with Crippen molar-refractivity contribution in [2.45, 2.75) is 45.8 Å². The predicted octanol–water partition coefficient (Wildman–Crippen LogP) is 2.39. The Labute approximate surface area is 144 Å². The van der Waals surface area contributed by atoms with E-state index in [1.54, 1.807) is 7.11 Å². The summed E-state index contributed by atoms with van der Waals surface area (Å²) in [6, 6.07) is 3.82. The number of methoxy groups -OCH3 is 1. The summed E-state index contributed by atoms with van der Waals surface area (Å²) in [6.07, 6.45) is 1.86. The number of aromatic nitrogens is 1. The molecule has 6 nitrogen and oxygen atoms in total. The second-order valence-corrected chi connectivity index (χ2v) is 6.89. The van der Waals surface area contributed by atoms with E-state index in [1.165, 1.54) is 0 Å². The third kappa shape index (κ3) is 3.47. The quantitative estimate of drug-likeness (QED) is 0.612. The molecule has 0 spiro atoms. The first kappa shape index (κ1) is 18.5. The molecule has 0 aromatic carbocycles. The van der Waals surface area contributed by atoms with Crippen molar-refractivity contribution in [1.29, 1.82) is 0 Å². The first-order valence-electron chi connectivity index (χ1n) is 7.90. The Morgan fingerprint density at radius 3 is 2.38 bits per heavy atom. The largest absolute Gasteiger partial charge is 0.514 e. The van der Waals surface area contributed by atoms with Gasteiger partial charge in [0.25, 0.3) is 0 Å². The molecule has 1 aromatic heterocycles. The Bertz CT molecular complexity index is 642. The predicted molar refractivity (Wildman–Crippen MR) is 98.2 cm³/mol. The fraction of sp³-hybridized carbons (Fsp3) is 0.529. The number of anilines is 1. The van der Waals surface area contributed by atoms with Crippen molar-refractivity contribution < 1.29 is 14.0 Å². The molecule has 7 heteroatoms. The van der Waals surface area contributed by atoms with Gasteiger partial charge in [-0.05, 0) is 53.5 Å². The summed E-state index contributed by atoms with van der Waals surface area (Å²) in [5.74, 6) is 0.498. The van der Waals surface area contributed by atoms with Gasteiger partial charge in [-0.15, -0.1) is 0 Å². The SMILES string of the molecule is C=N/C(C)=C\N(C)c1ccc(B2OC(C)(C)C(C)(C)O2)nc1OC. The Kier molecular flexibility index (Phi) is 5.06. The lowest BCUT2D eigenvalue weighted by Crippen LogP contribution is -2.41. The fourth-order valence-electron chi connectivity index (χ4n) is 2.35. The zero-order chi connectivity index (χ0) is 18.1. The third-order valence-electron chi connectivity index (χ3n) is 4.56. The van der Waals surface area contributed by atoms with Gasteiger partial charge in [0, 0.05) is 13.2 Å². The van der Waals surface area contributed by atoms with Crippen LogP contribution in [0.2, 0.25) is 0 Å². The van der Waals surface area contributed by atoms with Gasteiger partial charge in [0.15, 0.2) is 0 Å². The van der Waals surface area contributed by atoms with Crippen LogP contribution in [-0.2, 0) is 9.31 Å². The molecule has 130 valence electrons. The first-order valence-corrected chi connectivity index (χ1v) is 7.90. The highest BCUT2D eigenvalue weighted by molar-refractivity contribution is 6.61. The summed E-state index contributed by atoms with van der Waals surface area (Å²) in [6.45, 7) is 13.5. The van der Waals surface area contributed by atoms with Crippen LogP contribution in [0.4, 0.5) is 5.69 Å². The summed E-state index contributed by atoms with van der Waals surface area (Å²) in [7, 11) is 2.98. The Balaban J connectivity index is 2.32. The van der Waals surface area contributed by atoms with Gasteiger partial charge in [-0.3, -0.25) is 4.99 Å². The van der Waals surface area contributed by atoms with E-state index in [2.05, 4.69) is 16.7 Å². The Hall–Kier alpha value is -1.86. The van der Waals surface area contributed by atoms with E-state index in [1.807, 2.05) is 64.9 Å². The van der Waals surface area contributed by atoms with E-state index >= 15 is 0 Å². The molecule has 2 heterocycles. The maximum atomic E-state index is 6.04. The Morgan fingerprint density at radius 1 is 1.29 bits per heavy atom. The fourth-order valence-corrected chi connectivity index (χ4v) is 2.35. The minimum absolute atomic E-state index is 0.405. The smallest absolute Gasteiger partial charge is 0.480 e. The average molecular weight is 331 g/mol. The molecule has 0 unspecified atom stereocenters. The number of pyridine rings is 1. The molecule has 0 aliphatic carbocycles. The van der Waals surface area contributed by atoms with E-state index < -0.39 is 18.3 Å². The molecule has 1 aromatic rings. The van der Waals surface area contributed by atoms with Crippen molar-refractivity contribution in [3.63, 3.8) is 0 Å². The van der Waals surface area contributed by atoms with Crippen LogP contribution in [0.15, 0.2) is 29.0 Å². The number of aliphatic imine (C=N–C) groups is 1. The molecule has 0 amide bonds. The average Bonchev–Trinajstić information content (AvgIpc) is 2.74. The molecule has 0 atom stereocenters. The molecule has 0 radical (unpaired) electrons. The monoisotopic (exact) mass is 331 g/mol. The van der Waals surface area contributed by atoms with E-state index in [0.717, 1.165) is 11.4 Å². The van der Waals surface area contributed by atoms with Gasteiger partial charge in [0.2, 0.25) is 5.88 Å². The van der Waals surface area contributed by atoms with Crippen LogP contribution in [0, 0.1) is 0 Å². The molecule has 0 N–H and O–H groups in total. The van der Waals surface area contributed by atoms with Crippen LogP contribution in [0.25, 0.3) is 0 Å². The number of rotatable bonds is 5. The number of hydrogen-bond acceptors (Lipinski definition) is 6. The first-order chi connectivity index (χ1) is 11.1. The van der Waals surface area contributed by atoms with Crippen LogP contribution >= 0.6 is 0 Å². The molecule has 1 aliphatic rings. The molecule has 1 aliphatic heterocycles. The zero-order valence-electron chi connectivity index (χ0n) is 15.6. The topological polar surface area (TPSA) is 56.2 Å². The van der Waals surface area contributed by atoms with Gasteiger partial charge in [0.1, 0.15) is 5.69 Å². The van der Waals surface area contributed by atoms with Crippen LogP contribution in [0.5, 0.6) is 5.88 Å². The molecule has 2 rings (SSSR count). The minimum atomic E-state index is -0.518. The summed E-state index contributed by atoms with van der Waals surface area (Å²) < 4.78 is 17.5. The van der Waals surface area contributed by atoms with Crippen LogP contribution < -0.4 is 15.2 Å². The van der Waals surface area contributed by atoms with Gasteiger partial charge in [-0.1, -0.05) is 0 Å². The molecule has 0 bridgehead atoms. The highest BCUT2D eigenvalue weighted by Gasteiger charge is 2.52. The van der Waals surface area contributed by atoms with Crippen molar-refractivity contribution in [3.8, 4) is 5.88 Å². The zero-order valence-corrected chi connectivity index (χ0v) is 15.6. The second-order valence-electron chi connectivity index (χ2n) is 6.89. The highest BCUT2D eigenvalue weighted by atomic mass is 16.7. The standard InChI is InChI=1S/C17H26BN3O3/c1-12(19-6)11-21(7)13-9-10-14(20-15(13)22-8)18-23-16(2,3)17(4,5)24-18/h9-11H,6H2,1-5,7-8H3/b12-11-. The maximum Gasteiger partial charge on any atom is 0.514 e. The van der Waals surface area contributed by atoms with Gasteiger partial charge in [0.05, 0.1) is 29.6 Å². The van der Waals surface area contributed by atoms with Gasteiger partial charge >= 0.3 is 7.12 Å². The van der Waals surface area contributed by atoms with Crippen molar-refractivity contribution >= 4 is 25.1 Å². The molecule has 1 fully saturated rings. The van der Waals surface area contributed by atoms with Gasteiger partial charge in [-0.25, -0.2) is 4.98 Å². The highest BCUT2D eigenvalue weighted by Crippen LogP contribution is 2.36.